The molecule has 0 aliphatic rings. The topological polar surface area (TPSA) is 53.3 Å². The van der Waals surface area contributed by atoms with Gasteiger partial charge in [0, 0.05) is 5.02 Å². The van der Waals surface area contributed by atoms with Crippen LogP contribution in [0.25, 0.3) is 0 Å². The number of hydrogen-bond donors (Lipinski definition) is 3. The van der Waals surface area contributed by atoms with Crippen LogP contribution >= 0.6 is 11.6 Å². The van der Waals surface area contributed by atoms with Crippen LogP contribution in [0.1, 0.15) is 0 Å². The van der Waals surface area contributed by atoms with Crippen molar-refractivity contribution < 1.29 is 4.39 Å². The summed E-state index contributed by atoms with van der Waals surface area (Å²) in [4.78, 5) is 0. The molecular formula is C12H12ClFN4. The van der Waals surface area contributed by atoms with E-state index in [0.29, 0.717) is 16.4 Å². The van der Waals surface area contributed by atoms with Crippen LogP contribution in [0.3, 0.4) is 0 Å². The van der Waals surface area contributed by atoms with Crippen molar-refractivity contribution in [3.8, 4) is 0 Å². The van der Waals surface area contributed by atoms with Gasteiger partial charge in [0.15, 0.2) is 0 Å². The molecule has 4 N–H and O–H groups in total. The highest BCUT2D eigenvalue weighted by Gasteiger charge is 2.02. The minimum absolute atomic E-state index is 0.307. The molecule has 0 aliphatic carbocycles. The lowest BCUT2D eigenvalue weighted by Crippen LogP contribution is -2.47. The van der Waals surface area contributed by atoms with E-state index in [9.17, 15) is 4.39 Å². The number of anilines is 2. The quantitative estimate of drug-likeness (QED) is 0.588. The van der Waals surface area contributed by atoms with E-state index in [-0.39, 0.29) is 5.82 Å². The number of nitrogens with zero attached hydrogens (tertiary/aromatic N) is 1. The number of para-hydroxylation sites is 1. The van der Waals surface area contributed by atoms with Gasteiger partial charge in [-0.05, 0) is 36.4 Å². The van der Waals surface area contributed by atoms with Crippen molar-refractivity contribution in [2.24, 2.45) is 5.84 Å². The zero-order chi connectivity index (χ0) is 13.0. The van der Waals surface area contributed by atoms with Crippen LogP contribution in [-0.2, 0) is 0 Å². The van der Waals surface area contributed by atoms with Crippen LogP contribution < -0.4 is 21.9 Å². The number of benzene rings is 2. The smallest absolute Gasteiger partial charge is 0.147 e. The molecule has 0 saturated carbocycles. The molecule has 2 aromatic rings. The second-order valence-corrected chi connectivity index (χ2v) is 4.00. The maximum absolute atomic E-state index is 13.3. The summed E-state index contributed by atoms with van der Waals surface area (Å²) in [6.45, 7) is 0. The van der Waals surface area contributed by atoms with Crippen molar-refractivity contribution in [1.29, 1.82) is 0 Å². The van der Waals surface area contributed by atoms with Crippen LogP contribution in [0.2, 0.25) is 5.02 Å². The Labute approximate surface area is 109 Å². The summed E-state index contributed by atoms with van der Waals surface area (Å²) in [6.07, 6.45) is 0. The summed E-state index contributed by atoms with van der Waals surface area (Å²) in [6, 6.07) is 13.2. The summed E-state index contributed by atoms with van der Waals surface area (Å²) in [5, 5.41) is 1.84. The van der Waals surface area contributed by atoms with Gasteiger partial charge in [-0.15, -0.1) is 5.53 Å². The van der Waals surface area contributed by atoms with E-state index in [2.05, 4.69) is 11.0 Å². The Kier molecular flexibility index (Phi) is 3.99. The van der Waals surface area contributed by atoms with Crippen molar-refractivity contribution >= 4 is 23.0 Å². The standard InChI is InChI=1S/C12H12ClFN4/c13-9-5-7-10(8-6-9)18(15)17-16-12-4-2-1-3-11(12)14/h1-8,16-17H,15H2. The molecule has 0 amide bonds. The van der Waals surface area contributed by atoms with E-state index < -0.39 is 0 Å². The van der Waals surface area contributed by atoms with Gasteiger partial charge in [-0.3, -0.25) is 5.43 Å². The van der Waals surface area contributed by atoms with Crippen molar-refractivity contribution in [3.63, 3.8) is 0 Å². The highest BCUT2D eigenvalue weighted by molar-refractivity contribution is 6.30. The number of nitrogens with one attached hydrogen (secondary N) is 2. The molecule has 94 valence electrons. The predicted octanol–water partition coefficient (Wildman–Crippen LogP) is 2.69. The van der Waals surface area contributed by atoms with Gasteiger partial charge in [-0.2, -0.15) is 0 Å². The fourth-order valence-electron chi connectivity index (χ4n) is 1.35. The molecule has 0 radical (unpaired) electrons. The maximum Gasteiger partial charge on any atom is 0.147 e. The SMILES string of the molecule is NN(NNc1ccccc1F)c1ccc(Cl)cc1. The van der Waals surface area contributed by atoms with Crippen molar-refractivity contribution in [2.45, 2.75) is 0 Å². The molecule has 0 fully saturated rings. The molecule has 0 atom stereocenters. The third kappa shape index (κ3) is 3.10. The van der Waals surface area contributed by atoms with Gasteiger partial charge >= 0.3 is 0 Å². The van der Waals surface area contributed by atoms with Gasteiger partial charge < -0.3 is 0 Å². The molecule has 0 heterocycles. The van der Waals surface area contributed by atoms with Gasteiger partial charge in [0.1, 0.15) is 5.82 Å². The first-order chi connectivity index (χ1) is 8.66. The van der Waals surface area contributed by atoms with E-state index in [1.54, 1.807) is 42.5 Å². The summed E-state index contributed by atoms with van der Waals surface area (Å²) in [7, 11) is 0. The van der Waals surface area contributed by atoms with Gasteiger partial charge in [-0.1, -0.05) is 23.7 Å². The summed E-state index contributed by atoms with van der Waals surface area (Å²) in [5.41, 5.74) is 6.31. The van der Waals surface area contributed by atoms with E-state index in [4.69, 9.17) is 17.4 Å². The molecule has 0 unspecified atom stereocenters. The third-order valence-corrected chi connectivity index (χ3v) is 2.54. The first-order valence-electron chi connectivity index (χ1n) is 5.23. The Balaban J connectivity index is 1.98. The van der Waals surface area contributed by atoms with Crippen molar-refractivity contribution in [3.05, 3.63) is 59.4 Å². The Bertz CT molecular complexity index is 518. The van der Waals surface area contributed by atoms with E-state index in [1.807, 2.05) is 0 Å². The number of nitrogens with two attached hydrogens (primary N) is 1. The Morgan fingerprint density at radius 2 is 1.72 bits per heavy atom. The lowest BCUT2D eigenvalue weighted by atomic mass is 10.3. The zero-order valence-corrected chi connectivity index (χ0v) is 10.2. The molecule has 0 saturated heterocycles. The van der Waals surface area contributed by atoms with Crippen LogP contribution in [-0.4, -0.2) is 0 Å². The minimum Gasteiger partial charge on any atom is -0.300 e. The minimum atomic E-state index is -0.366. The van der Waals surface area contributed by atoms with Crippen molar-refractivity contribution in [2.75, 3.05) is 10.5 Å². The molecule has 0 aliphatic heterocycles. The predicted molar refractivity (Wildman–Crippen MR) is 71.3 cm³/mol. The lowest BCUT2D eigenvalue weighted by molar-refractivity contribution is 0.622. The summed E-state index contributed by atoms with van der Waals surface area (Å²) in [5.74, 6) is 5.37. The van der Waals surface area contributed by atoms with Crippen LogP contribution in [0, 0.1) is 5.82 Å². The summed E-state index contributed by atoms with van der Waals surface area (Å²) >= 11 is 5.77. The number of rotatable bonds is 4. The molecule has 0 aromatic heterocycles. The molecule has 0 bridgehead atoms. The Morgan fingerprint density at radius 1 is 1.06 bits per heavy atom. The third-order valence-electron chi connectivity index (χ3n) is 2.29. The van der Waals surface area contributed by atoms with Gasteiger partial charge in [-0.25, -0.2) is 15.4 Å². The molecule has 2 rings (SSSR count). The molecule has 2 aromatic carbocycles. The monoisotopic (exact) mass is 266 g/mol. The fraction of sp³-hybridized carbons (Fsp3) is 0. The van der Waals surface area contributed by atoms with Gasteiger partial charge in [0.25, 0.3) is 0 Å². The van der Waals surface area contributed by atoms with E-state index in [1.165, 1.54) is 11.2 Å². The van der Waals surface area contributed by atoms with Crippen LogP contribution in [0.15, 0.2) is 48.5 Å². The average molecular weight is 267 g/mol. The second kappa shape index (κ2) is 5.68. The number of hydrogen-bond acceptors (Lipinski definition) is 4. The molecule has 6 heteroatoms. The average Bonchev–Trinajstić information content (AvgIpc) is 2.38. The largest absolute Gasteiger partial charge is 0.300 e. The van der Waals surface area contributed by atoms with E-state index >= 15 is 0 Å². The first-order valence-corrected chi connectivity index (χ1v) is 5.61. The number of hydrazine groups is 3. The highest BCUT2D eigenvalue weighted by Crippen LogP contribution is 2.15. The molecule has 0 spiro atoms. The molecular weight excluding hydrogens is 255 g/mol. The normalized spacial score (nSPS) is 10.2. The first kappa shape index (κ1) is 12.6. The second-order valence-electron chi connectivity index (χ2n) is 3.56. The maximum atomic E-state index is 13.3. The van der Waals surface area contributed by atoms with Gasteiger partial charge in [0.2, 0.25) is 0 Å². The molecule has 4 nitrogen and oxygen atoms in total. The summed E-state index contributed by atoms with van der Waals surface area (Å²) < 4.78 is 13.3. The lowest BCUT2D eigenvalue weighted by Gasteiger charge is -2.20. The van der Waals surface area contributed by atoms with Crippen LogP contribution in [0.5, 0.6) is 0 Å². The van der Waals surface area contributed by atoms with Gasteiger partial charge in [0.05, 0.1) is 11.4 Å². The molecule has 18 heavy (non-hydrogen) atoms. The zero-order valence-electron chi connectivity index (χ0n) is 9.40. The Hall–Kier alpha value is -1.82. The van der Waals surface area contributed by atoms with E-state index in [0.717, 1.165) is 0 Å². The number of halogens is 2. The Morgan fingerprint density at radius 3 is 2.39 bits per heavy atom. The van der Waals surface area contributed by atoms with Crippen LogP contribution in [0.4, 0.5) is 15.8 Å². The fourth-order valence-corrected chi connectivity index (χ4v) is 1.48. The highest BCUT2D eigenvalue weighted by atomic mass is 35.5. The van der Waals surface area contributed by atoms with Crippen molar-refractivity contribution in [1.82, 2.24) is 5.53 Å².